The van der Waals surface area contributed by atoms with Crippen molar-refractivity contribution in [3.63, 3.8) is 0 Å². The van der Waals surface area contributed by atoms with Gasteiger partial charge in [-0.3, -0.25) is 19.6 Å². The second-order valence-electron chi connectivity index (χ2n) is 7.92. The second kappa shape index (κ2) is 17.3. The third kappa shape index (κ3) is 13.7. The molecule has 8 nitrogen and oxygen atoms in total. The lowest BCUT2D eigenvalue weighted by Gasteiger charge is -2.16. The van der Waals surface area contributed by atoms with Crippen LogP contribution in [0.15, 0.2) is 55.1 Å². The first-order valence-corrected chi connectivity index (χ1v) is 10.8. The van der Waals surface area contributed by atoms with E-state index in [1.807, 2.05) is 42.5 Å². The molecular formula is C25H37N3O5. The quantitative estimate of drug-likeness (QED) is 0.236. The molecule has 0 saturated heterocycles. The summed E-state index contributed by atoms with van der Waals surface area (Å²) in [6.45, 7) is 9.65. The summed E-state index contributed by atoms with van der Waals surface area (Å²) in [5, 5.41) is 23.5. The summed E-state index contributed by atoms with van der Waals surface area (Å²) < 4.78 is 0. The van der Waals surface area contributed by atoms with E-state index in [4.69, 9.17) is 10.3 Å². The number of likely N-dealkylation sites (N-methyl/N-ethyl adjacent to an activating group) is 1. The topological polar surface area (TPSA) is 128 Å². The first kappa shape index (κ1) is 29.8. The largest absolute Gasteiger partial charge is 0.392 e. The van der Waals surface area contributed by atoms with Gasteiger partial charge in [0.2, 0.25) is 17.7 Å². The van der Waals surface area contributed by atoms with Gasteiger partial charge in [-0.1, -0.05) is 69.3 Å². The molecule has 0 aliphatic carbocycles. The van der Waals surface area contributed by atoms with Crippen LogP contribution < -0.4 is 16.1 Å². The minimum absolute atomic E-state index is 0.0833. The van der Waals surface area contributed by atoms with E-state index in [2.05, 4.69) is 38.0 Å². The fraction of sp³-hybridized carbons (Fsp3) is 0.400. The SMILES string of the molecule is C=CCO.CC(C)C.CNC(=O)CNC(=O)C(CC(=O)NO)Cc1ccc2ccccc2c1. The summed E-state index contributed by atoms with van der Waals surface area (Å²) in [5.74, 6) is -1.26. The van der Waals surface area contributed by atoms with Gasteiger partial charge in [-0.2, -0.15) is 0 Å². The van der Waals surface area contributed by atoms with Crippen molar-refractivity contribution in [3.05, 3.63) is 60.7 Å². The molecule has 2 aromatic rings. The second-order valence-corrected chi connectivity index (χ2v) is 7.92. The van der Waals surface area contributed by atoms with E-state index < -0.39 is 17.7 Å². The average molecular weight is 460 g/mol. The van der Waals surface area contributed by atoms with E-state index in [9.17, 15) is 14.4 Å². The highest BCUT2D eigenvalue weighted by molar-refractivity contribution is 5.89. The normalized spacial score (nSPS) is 10.6. The van der Waals surface area contributed by atoms with Crippen LogP contribution in [0.25, 0.3) is 10.8 Å². The summed E-state index contributed by atoms with van der Waals surface area (Å²) >= 11 is 0. The molecule has 0 aliphatic rings. The van der Waals surface area contributed by atoms with E-state index in [0.29, 0.717) is 6.42 Å². The Bertz CT molecular complexity index is 880. The fourth-order valence-corrected chi connectivity index (χ4v) is 2.58. The Morgan fingerprint density at radius 2 is 1.61 bits per heavy atom. The van der Waals surface area contributed by atoms with Gasteiger partial charge in [-0.15, -0.1) is 6.58 Å². The molecule has 8 heteroatoms. The summed E-state index contributed by atoms with van der Waals surface area (Å²) in [6.07, 6.45) is 1.57. The van der Waals surface area contributed by atoms with Crippen molar-refractivity contribution in [2.24, 2.45) is 11.8 Å². The van der Waals surface area contributed by atoms with Crippen LogP contribution in [-0.4, -0.2) is 48.2 Å². The Hall–Kier alpha value is -3.23. The van der Waals surface area contributed by atoms with E-state index in [1.54, 1.807) is 5.48 Å². The van der Waals surface area contributed by atoms with Crippen molar-refractivity contribution >= 4 is 28.5 Å². The molecule has 0 bridgehead atoms. The van der Waals surface area contributed by atoms with Crippen LogP contribution in [0.2, 0.25) is 0 Å². The molecule has 0 fully saturated rings. The van der Waals surface area contributed by atoms with Crippen LogP contribution in [0.3, 0.4) is 0 Å². The highest BCUT2D eigenvalue weighted by Crippen LogP contribution is 2.19. The van der Waals surface area contributed by atoms with Gasteiger partial charge in [-0.05, 0) is 28.7 Å². The molecule has 0 heterocycles. The Balaban J connectivity index is 0.00000111. The predicted octanol–water partition coefficient (Wildman–Crippen LogP) is 2.58. The molecule has 1 atom stereocenters. The van der Waals surface area contributed by atoms with Crippen molar-refractivity contribution in [1.29, 1.82) is 0 Å². The zero-order chi connectivity index (χ0) is 25.2. The average Bonchev–Trinajstić information content (AvgIpc) is 2.81. The number of hydroxylamine groups is 1. The van der Waals surface area contributed by atoms with E-state index in [1.165, 1.54) is 13.1 Å². The van der Waals surface area contributed by atoms with Crippen LogP contribution in [0.1, 0.15) is 32.8 Å². The minimum atomic E-state index is -0.696. The van der Waals surface area contributed by atoms with E-state index in [0.717, 1.165) is 22.3 Å². The third-order valence-electron chi connectivity index (χ3n) is 4.05. The highest BCUT2D eigenvalue weighted by atomic mass is 16.5. The lowest BCUT2D eigenvalue weighted by atomic mass is 9.93. The fourth-order valence-electron chi connectivity index (χ4n) is 2.58. The Morgan fingerprint density at radius 1 is 1.03 bits per heavy atom. The summed E-state index contributed by atoms with van der Waals surface area (Å²) in [7, 11) is 1.47. The maximum atomic E-state index is 12.3. The standard InChI is InChI=1S/C18H21N3O4.C4H10.C3H6O/c1-19-17(23)11-20-18(24)15(10-16(22)21-25)9-12-6-7-13-4-2-3-5-14(13)8-12;1-4(2)3;1-2-3-4/h2-8,15,25H,9-11H2,1H3,(H,19,23)(H,20,24)(H,21,22);4H,1-3H3;2,4H,1,3H2. The van der Waals surface area contributed by atoms with Gasteiger partial charge in [0.15, 0.2) is 0 Å². The number of benzene rings is 2. The van der Waals surface area contributed by atoms with Gasteiger partial charge in [0.25, 0.3) is 0 Å². The number of carbonyl (C=O) groups is 3. The van der Waals surface area contributed by atoms with Crippen molar-refractivity contribution in [3.8, 4) is 0 Å². The summed E-state index contributed by atoms with van der Waals surface area (Å²) in [5.41, 5.74) is 2.44. The van der Waals surface area contributed by atoms with Crippen molar-refractivity contribution in [2.45, 2.75) is 33.6 Å². The first-order valence-electron chi connectivity index (χ1n) is 10.8. The van der Waals surface area contributed by atoms with Gasteiger partial charge in [-0.25, -0.2) is 5.48 Å². The molecular weight excluding hydrogens is 422 g/mol. The number of aliphatic hydroxyl groups excluding tert-OH is 1. The maximum Gasteiger partial charge on any atom is 0.244 e. The Labute approximate surface area is 196 Å². The van der Waals surface area contributed by atoms with Crippen molar-refractivity contribution < 1.29 is 24.7 Å². The number of fused-ring (bicyclic) bond motifs is 1. The molecule has 182 valence electrons. The number of carbonyl (C=O) groups excluding carboxylic acids is 3. The van der Waals surface area contributed by atoms with Crippen molar-refractivity contribution in [2.75, 3.05) is 20.2 Å². The Morgan fingerprint density at radius 3 is 2.12 bits per heavy atom. The van der Waals surface area contributed by atoms with Gasteiger partial charge in [0, 0.05) is 13.5 Å². The molecule has 0 spiro atoms. The Kier molecular flexibility index (Phi) is 15.6. The maximum absolute atomic E-state index is 12.3. The molecule has 0 aliphatic heterocycles. The third-order valence-corrected chi connectivity index (χ3v) is 4.05. The molecule has 5 N–H and O–H groups in total. The van der Waals surface area contributed by atoms with Crippen LogP contribution in [0.5, 0.6) is 0 Å². The van der Waals surface area contributed by atoms with Gasteiger partial charge >= 0.3 is 0 Å². The lowest BCUT2D eigenvalue weighted by Crippen LogP contribution is -2.40. The van der Waals surface area contributed by atoms with Gasteiger partial charge < -0.3 is 15.7 Å². The van der Waals surface area contributed by atoms with Gasteiger partial charge in [0.1, 0.15) is 0 Å². The number of aliphatic hydroxyl groups is 1. The summed E-state index contributed by atoms with van der Waals surface area (Å²) in [6, 6.07) is 13.7. The first-order chi connectivity index (χ1) is 15.7. The molecule has 3 amide bonds. The molecule has 2 aromatic carbocycles. The smallest absolute Gasteiger partial charge is 0.244 e. The number of hydrogen-bond acceptors (Lipinski definition) is 5. The molecule has 2 rings (SSSR count). The molecule has 0 aromatic heterocycles. The number of amides is 3. The van der Waals surface area contributed by atoms with Gasteiger partial charge in [0.05, 0.1) is 19.1 Å². The summed E-state index contributed by atoms with van der Waals surface area (Å²) in [4.78, 5) is 35.1. The van der Waals surface area contributed by atoms with Crippen LogP contribution >= 0.6 is 0 Å². The molecule has 0 saturated carbocycles. The van der Waals surface area contributed by atoms with E-state index >= 15 is 0 Å². The highest BCUT2D eigenvalue weighted by Gasteiger charge is 2.22. The number of hydrogen-bond donors (Lipinski definition) is 5. The predicted molar refractivity (Wildman–Crippen MR) is 131 cm³/mol. The minimum Gasteiger partial charge on any atom is -0.392 e. The van der Waals surface area contributed by atoms with Crippen LogP contribution in [0.4, 0.5) is 0 Å². The number of nitrogens with one attached hydrogen (secondary N) is 3. The zero-order valence-electron chi connectivity index (χ0n) is 19.9. The lowest BCUT2D eigenvalue weighted by molar-refractivity contribution is -0.135. The van der Waals surface area contributed by atoms with Crippen molar-refractivity contribution in [1.82, 2.24) is 16.1 Å². The van der Waals surface area contributed by atoms with Crippen LogP contribution in [-0.2, 0) is 20.8 Å². The zero-order valence-corrected chi connectivity index (χ0v) is 19.9. The van der Waals surface area contributed by atoms with E-state index in [-0.39, 0.29) is 25.5 Å². The molecule has 1 unspecified atom stereocenters. The molecule has 33 heavy (non-hydrogen) atoms. The monoisotopic (exact) mass is 459 g/mol. The molecule has 0 radical (unpaired) electrons. The van der Waals surface area contributed by atoms with Crippen LogP contribution in [0, 0.1) is 11.8 Å². The number of rotatable bonds is 8.